The molecular formula is C17H26N4. The summed E-state index contributed by atoms with van der Waals surface area (Å²) in [5, 5.41) is 0. The van der Waals surface area contributed by atoms with Gasteiger partial charge in [0.1, 0.15) is 0 Å². The summed E-state index contributed by atoms with van der Waals surface area (Å²) in [6.07, 6.45) is 12.2. The van der Waals surface area contributed by atoms with Crippen LogP contribution in [0.15, 0.2) is 12.4 Å². The highest BCUT2D eigenvalue weighted by molar-refractivity contribution is 5.31. The van der Waals surface area contributed by atoms with Crippen LogP contribution in [0.25, 0.3) is 0 Å². The van der Waals surface area contributed by atoms with Gasteiger partial charge in [0.2, 0.25) is 5.95 Å². The number of hydrogen-bond acceptors (Lipinski definition) is 4. The molecule has 4 rings (SSSR count). The number of aryl methyl sites for hydroxylation is 1. The minimum Gasteiger partial charge on any atom is -0.341 e. The van der Waals surface area contributed by atoms with Crippen molar-refractivity contribution in [2.45, 2.75) is 51.0 Å². The summed E-state index contributed by atoms with van der Waals surface area (Å²) in [6.45, 7) is 6.97. The Balaban J connectivity index is 1.42. The number of anilines is 1. The van der Waals surface area contributed by atoms with Crippen molar-refractivity contribution in [1.82, 2.24) is 14.9 Å². The van der Waals surface area contributed by atoms with Gasteiger partial charge in [-0.1, -0.05) is 0 Å². The Morgan fingerprint density at radius 1 is 1.10 bits per heavy atom. The van der Waals surface area contributed by atoms with E-state index in [9.17, 15) is 0 Å². The summed E-state index contributed by atoms with van der Waals surface area (Å²) < 4.78 is 0. The summed E-state index contributed by atoms with van der Waals surface area (Å²) in [5.74, 6) is 1.93. The summed E-state index contributed by atoms with van der Waals surface area (Å²) in [5.41, 5.74) is 1.64. The van der Waals surface area contributed by atoms with Crippen molar-refractivity contribution < 1.29 is 0 Å². The SMILES string of the molecule is Cc1cnc(N2CCC3(CCCN3CC3CC3)CC2)nc1. The molecule has 0 atom stereocenters. The standard InChI is InChI=1S/C17H26N4/c1-14-11-18-16(19-12-14)20-9-6-17(7-10-20)5-2-8-21(17)13-15-3-4-15/h11-12,15H,2-10,13H2,1H3. The van der Waals surface area contributed by atoms with E-state index in [4.69, 9.17) is 0 Å². The van der Waals surface area contributed by atoms with E-state index in [1.807, 2.05) is 19.3 Å². The molecule has 3 heterocycles. The lowest BCUT2D eigenvalue weighted by Gasteiger charge is -2.45. The Kier molecular flexibility index (Phi) is 3.37. The van der Waals surface area contributed by atoms with Gasteiger partial charge in [0.15, 0.2) is 0 Å². The van der Waals surface area contributed by atoms with E-state index in [-0.39, 0.29) is 0 Å². The fourth-order valence-corrected chi connectivity index (χ4v) is 4.13. The maximum Gasteiger partial charge on any atom is 0.225 e. The second kappa shape index (κ2) is 5.24. The highest BCUT2D eigenvalue weighted by Gasteiger charge is 2.44. The van der Waals surface area contributed by atoms with Crippen molar-refractivity contribution in [2.75, 3.05) is 31.1 Å². The fourth-order valence-electron chi connectivity index (χ4n) is 4.13. The lowest BCUT2D eigenvalue weighted by atomic mass is 9.85. The first-order valence-electron chi connectivity index (χ1n) is 8.54. The predicted octanol–water partition coefficient (Wildman–Crippen LogP) is 2.63. The van der Waals surface area contributed by atoms with Crippen molar-refractivity contribution in [2.24, 2.45) is 5.92 Å². The molecule has 21 heavy (non-hydrogen) atoms. The van der Waals surface area contributed by atoms with E-state index < -0.39 is 0 Å². The summed E-state index contributed by atoms with van der Waals surface area (Å²) in [4.78, 5) is 14.2. The summed E-state index contributed by atoms with van der Waals surface area (Å²) >= 11 is 0. The largest absolute Gasteiger partial charge is 0.341 e. The quantitative estimate of drug-likeness (QED) is 0.855. The van der Waals surface area contributed by atoms with Crippen molar-refractivity contribution in [3.8, 4) is 0 Å². The van der Waals surface area contributed by atoms with Crippen molar-refractivity contribution in [3.63, 3.8) is 0 Å². The van der Waals surface area contributed by atoms with Crippen molar-refractivity contribution >= 4 is 5.95 Å². The Morgan fingerprint density at radius 3 is 2.48 bits per heavy atom. The van der Waals surface area contributed by atoms with E-state index in [1.54, 1.807) is 0 Å². The molecule has 4 heteroatoms. The molecule has 0 amide bonds. The highest BCUT2D eigenvalue weighted by Crippen LogP contribution is 2.42. The molecule has 114 valence electrons. The Bertz CT molecular complexity index is 486. The first kappa shape index (κ1) is 13.5. The molecule has 1 aromatic rings. The number of hydrogen-bond donors (Lipinski definition) is 0. The van der Waals surface area contributed by atoms with Gasteiger partial charge in [-0.25, -0.2) is 9.97 Å². The normalized spacial score (nSPS) is 25.7. The zero-order valence-electron chi connectivity index (χ0n) is 13.1. The lowest BCUT2D eigenvalue weighted by molar-refractivity contribution is 0.102. The molecule has 0 aromatic carbocycles. The molecule has 1 aliphatic carbocycles. The van der Waals surface area contributed by atoms with Gasteiger partial charge in [0.05, 0.1) is 0 Å². The Labute approximate surface area is 127 Å². The smallest absolute Gasteiger partial charge is 0.225 e. The van der Waals surface area contributed by atoms with Crippen LogP contribution in [0.2, 0.25) is 0 Å². The molecule has 4 nitrogen and oxygen atoms in total. The van der Waals surface area contributed by atoms with E-state index in [0.29, 0.717) is 5.54 Å². The van der Waals surface area contributed by atoms with Crippen molar-refractivity contribution in [3.05, 3.63) is 18.0 Å². The number of nitrogens with zero attached hydrogens (tertiary/aromatic N) is 4. The van der Waals surface area contributed by atoms with Crippen LogP contribution in [0, 0.1) is 12.8 Å². The number of likely N-dealkylation sites (tertiary alicyclic amines) is 1. The first-order chi connectivity index (χ1) is 10.3. The van der Waals surface area contributed by atoms with E-state index in [2.05, 4.69) is 19.8 Å². The summed E-state index contributed by atoms with van der Waals surface area (Å²) in [7, 11) is 0. The molecule has 3 fully saturated rings. The Morgan fingerprint density at radius 2 is 1.81 bits per heavy atom. The third-order valence-electron chi connectivity index (χ3n) is 5.66. The maximum absolute atomic E-state index is 4.50. The minimum absolute atomic E-state index is 0.504. The van der Waals surface area contributed by atoms with Crippen LogP contribution in [0.4, 0.5) is 5.95 Å². The van der Waals surface area contributed by atoms with Crippen LogP contribution < -0.4 is 4.90 Å². The third-order valence-corrected chi connectivity index (χ3v) is 5.66. The molecule has 0 bridgehead atoms. The second-order valence-corrected chi connectivity index (χ2v) is 7.26. The van der Waals surface area contributed by atoms with Crippen LogP contribution in [-0.2, 0) is 0 Å². The Hall–Kier alpha value is -1.16. The van der Waals surface area contributed by atoms with Crippen LogP contribution in [-0.4, -0.2) is 46.6 Å². The number of rotatable bonds is 3. The van der Waals surface area contributed by atoms with Crippen LogP contribution in [0.5, 0.6) is 0 Å². The second-order valence-electron chi connectivity index (χ2n) is 7.26. The molecular weight excluding hydrogens is 260 g/mol. The fraction of sp³-hybridized carbons (Fsp3) is 0.765. The molecule has 1 spiro atoms. The third kappa shape index (κ3) is 2.66. The van der Waals surface area contributed by atoms with Crippen LogP contribution in [0.3, 0.4) is 0 Å². The van der Waals surface area contributed by atoms with Gasteiger partial charge in [0, 0.05) is 37.6 Å². The van der Waals surface area contributed by atoms with Crippen LogP contribution in [0.1, 0.15) is 44.1 Å². The molecule has 3 aliphatic rings. The molecule has 1 saturated carbocycles. The molecule has 0 radical (unpaired) electrons. The average molecular weight is 286 g/mol. The van der Waals surface area contributed by atoms with Gasteiger partial charge in [-0.05, 0) is 63.5 Å². The predicted molar refractivity (Wildman–Crippen MR) is 84.5 cm³/mol. The number of piperidine rings is 1. The van der Waals surface area contributed by atoms with Crippen LogP contribution >= 0.6 is 0 Å². The van der Waals surface area contributed by atoms with Gasteiger partial charge in [-0.15, -0.1) is 0 Å². The van der Waals surface area contributed by atoms with Gasteiger partial charge in [0.25, 0.3) is 0 Å². The molecule has 0 N–H and O–H groups in total. The monoisotopic (exact) mass is 286 g/mol. The zero-order valence-corrected chi connectivity index (χ0v) is 13.1. The first-order valence-corrected chi connectivity index (χ1v) is 8.54. The van der Waals surface area contributed by atoms with Gasteiger partial charge >= 0.3 is 0 Å². The van der Waals surface area contributed by atoms with E-state index in [0.717, 1.165) is 30.5 Å². The molecule has 2 aliphatic heterocycles. The topological polar surface area (TPSA) is 32.3 Å². The lowest BCUT2D eigenvalue weighted by Crippen LogP contribution is -2.53. The van der Waals surface area contributed by atoms with E-state index >= 15 is 0 Å². The minimum atomic E-state index is 0.504. The molecule has 2 saturated heterocycles. The maximum atomic E-state index is 4.50. The van der Waals surface area contributed by atoms with Crippen molar-refractivity contribution in [1.29, 1.82) is 0 Å². The van der Waals surface area contributed by atoms with E-state index in [1.165, 1.54) is 51.6 Å². The van der Waals surface area contributed by atoms with Gasteiger partial charge in [-0.3, -0.25) is 4.90 Å². The highest BCUT2D eigenvalue weighted by atomic mass is 15.3. The summed E-state index contributed by atoms with van der Waals surface area (Å²) in [6, 6.07) is 0. The van der Waals surface area contributed by atoms with Gasteiger partial charge in [-0.2, -0.15) is 0 Å². The van der Waals surface area contributed by atoms with Gasteiger partial charge < -0.3 is 4.90 Å². The number of aromatic nitrogens is 2. The average Bonchev–Trinajstić information content (AvgIpc) is 3.24. The molecule has 0 unspecified atom stereocenters. The molecule has 1 aromatic heterocycles. The zero-order chi connectivity index (χ0) is 14.3.